The highest BCUT2D eigenvalue weighted by Gasteiger charge is 2.20. The number of carbonyl (C=O) groups excluding carboxylic acids is 1. The predicted octanol–water partition coefficient (Wildman–Crippen LogP) is 3.15. The molecule has 0 aliphatic rings. The van der Waals surface area contributed by atoms with E-state index in [1.54, 1.807) is 7.05 Å². The van der Waals surface area contributed by atoms with E-state index in [0.29, 0.717) is 24.5 Å². The number of amides is 1. The Balaban J connectivity index is 0. The van der Waals surface area contributed by atoms with Crippen LogP contribution in [0.5, 0.6) is 0 Å². The molecule has 0 rings (SSSR count). The molecule has 23 heavy (non-hydrogen) atoms. The van der Waals surface area contributed by atoms with Crippen LogP contribution in [-0.2, 0) is 4.79 Å². The van der Waals surface area contributed by atoms with Crippen LogP contribution >= 0.6 is 24.0 Å². The number of nitrogens with zero attached hydrogens (tertiary/aromatic N) is 1. The highest BCUT2D eigenvalue weighted by molar-refractivity contribution is 14.0. The molecule has 0 aromatic carbocycles. The second kappa shape index (κ2) is 11.1. The molecule has 6 heteroatoms. The molecule has 5 nitrogen and oxygen atoms in total. The van der Waals surface area contributed by atoms with Gasteiger partial charge in [-0.05, 0) is 25.2 Å². The molecule has 0 fully saturated rings. The zero-order valence-electron chi connectivity index (χ0n) is 16.2. The van der Waals surface area contributed by atoms with Crippen LogP contribution in [0.4, 0.5) is 0 Å². The molecule has 0 saturated heterocycles. The van der Waals surface area contributed by atoms with Crippen LogP contribution < -0.4 is 16.0 Å². The van der Waals surface area contributed by atoms with Crippen LogP contribution in [0.1, 0.15) is 61.3 Å². The molecule has 0 aliphatic carbocycles. The van der Waals surface area contributed by atoms with Crippen LogP contribution in [0.2, 0.25) is 0 Å². The lowest BCUT2D eigenvalue weighted by Crippen LogP contribution is -2.46. The summed E-state index contributed by atoms with van der Waals surface area (Å²) in [7, 11) is 1.76. The lowest BCUT2D eigenvalue weighted by molar-refractivity contribution is -0.128. The SMILES string of the molecule is CN=C(NCCNC(=O)C(C)(C)C)NC(C)CCC(C)(C)C.I. The second-order valence-electron chi connectivity index (χ2n) is 8.15. The first-order valence-electron chi connectivity index (χ1n) is 8.21. The summed E-state index contributed by atoms with van der Waals surface area (Å²) < 4.78 is 0. The molecule has 0 spiro atoms. The molecule has 0 saturated carbocycles. The summed E-state index contributed by atoms with van der Waals surface area (Å²) in [4.78, 5) is 16.0. The number of halogens is 1. The van der Waals surface area contributed by atoms with Crippen molar-refractivity contribution in [2.45, 2.75) is 67.3 Å². The van der Waals surface area contributed by atoms with E-state index < -0.39 is 0 Å². The minimum atomic E-state index is -0.346. The van der Waals surface area contributed by atoms with E-state index in [9.17, 15) is 4.79 Å². The van der Waals surface area contributed by atoms with E-state index in [2.05, 4.69) is 48.6 Å². The maximum atomic E-state index is 11.8. The first-order chi connectivity index (χ1) is 9.95. The monoisotopic (exact) mass is 440 g/mol. The first kappa shape index (κ1) is 24.7. The van der Waals surface area contributed by atoms with Crippen molar-refractivity contribution in [3.05, 3.63) is 0 Å². The lowest BCUT2D eigenvalue weighted by Gasteiger charge is -2.23. The Hall–Kier alpha value is -0.530. The fourth-order valence-corrected chi connectivity index (χ4v) is 1.77. The molecular weight excluding hydrogens is 403 g/mol. The van der Waals surface area contributed by atoms with E-state index in [1.807, 2.05) is 20.8 Å². The summed E-state index contributed by atoms with van der Waals surface area (Å²) in [6.07, 6.45) is 2.27. The Labute approximate surface area is 159 Å². The van der Waals surface area contributed by atoms with Crippen molar-refractivity contribution in [1.29, 1.82) is 0 Å². The van der Waals surface area contributed by atoms with Gasteiger partial charge in [0.05, 0.1) is 0 Å². The van der Waals surface area contributed by atoms with Gasteiger partial charge in [-0.1, -0.05) is 41.5 Å². The van der Waals surface area contributed by atoms with Crippen molar-refractivity contribution in [3.63, 3.8) is 0 Å². The predicted molar refractivity (Wildman–Crippen MR) is 111 cm³/mol. The van der Waals surface area contributed by atoms with E-state index in [4.69, 9.17) is 0 Å². The Morgan fingerprint density at radius 2 is 1.57 bits per heavy atom. The maximum absolute atomic E-state index is 11.8. The van der Waals surface area contributed by atoms with Gasteiger partial charge in [-0.2, -0.15) is 0 Å². The Bertz CT molecular complexity index is 370. The van der Waals surface area contributed by atoms with Crippen molar-refractivity contribution in [1.82, 2.24) is 16.0 Å². The molecular formula is C17H37IN4O. The molecule has 3 N–H and O–H groups in total. The molecule has 0 radical (unpaired) electrons. The Morgan fingerprint density at radius 3 is 2.00 bits per heavy atom. The van der Waals surface area contributed by atoms with Crippen LogP contribution in [0.25, 0.3) is 0 Å². The van der Waals surface area contributed by atoms with E-state index in [-0.39, 0.29) is 35.3 Å². The topological polar surface area (TPSA) is 65.5 Å². The third-order valence-electron chi connectivity index (χ3n) is 3.32. The third kappa shape index (κ3) is 13.6. The molecule has 0 aromatic heterocycles. The average molecular weight is 440 g/mol. The molecule has 1 amide bonds. The van der Waals surface area contributed by atoms with Gasteiger partial charge in [0.2, 0.25) is 5.91 Å². The largest absolute Gasteiger partial charge is 0.355 e. The Morgan fingerprint density at radius 1 is 1.04 bits per heavy atom. The maximum Gasteiger partial charge on any atom is 0.225 e. The smallest absolute Gasteiger partial charge is 0.225 e. The summed E-state index contributed by atoms with van der Waals surface area (Å²) in [6.45, 7) is 15.9. The third-order valence-corrected chi connectivity index (χ3v) is 3.32. The number of hydrogen-bond donors (Lipinski definition) is 3. The number of rotatable bonds is 6. The quantitative estimate of drug-likeness (QED) is 0.257. The van der Waals surface area contributed by atoms with Gasteiger partial charge < -0.3 is 16.0 Å². The zero-order valence-corrected chi connectivity index (χ0v) is 18.5. The van der Waals surface area contributed by atoms with Crippen LogP contribution in [0, 0.1) is 10.8 Å². The summed E-state index contributed by atoms with van der Waals surface area (Å²) in [5.74, 6) is 0.849. The normalized spacial score (nSPS) is 13.8. The van der Waals surface area contributed by atoms with Crippen molar-refractivity contribution in [2.24, 2.45) is 15.8 Å². The fraction of sp³-hybridized carbons (Fsp3) is 0.882. The average Bonchev–Trinajstić information content (AvgIpc) is 2.37. The van der Waals surface area contributed by atoms with Gasteiger partial charge in [0.25, 0.3) is 0 Å². The number of hydrogen-bond acceptors (Lipinski definition) is 2. The second-order valence-corrected chi connectivity index (χ2v) is 8.15. The van der Waals surface area contributed by atoms with E-state index in [1.165, 1.54) is 6.42 Å². The van der Waals surface area contributed by atoms with Crippen LogP contribution in [0.15, 0.2) is 4.99 Å². The van der Waals surface area contributed by atoms with E-state index >= 15 is 0 Å². The highest BCUT2D eigenvalue weighted by Crippen LogP contribution is 2.21. The van der Waals surface area contributed by atoms with Crippen LogP contribution in [-0.4, -0.2) is 38.0 Å². The number of nitrogens with one attached hydrogen (secondary N) is 3. The van der Waals surface area contributed by atoms with Crippen LogP contribution in [0.3, 0.4) is 0 Å². The van der Waals surface area contributed by atoms with Crippen molar-refractivity contribution >= 4 is 35.8 Å². The van der Waals surface area contributed by atoms with Gasteiger partial charge in [0, 0.05) is 31.6 Å². The van der Waals surface area contributed by atoms with Gasteiger partial charge in [0.1, 0.15) is 0 Å². The molecule has 0 aliphatic heterocycles. The molecule has 1 unspecified atom stereocenters. The molecule has 0 bridgehead atoms. The molecule has 0 aromatic rings. The standard InChI is InChI=1S/C17H36N4O.HI/c1-13(9-10-16(2,3)4)21-15(18-8)20-12-11-19-14(22)17(5,6)7;/h13H,9-12H2,1-8H3,(H,19,22)(H2,18,20,21);1H. The summed E-state index contributed by atoms with van der Waals surface area (Å²) in [5.41, 5.74) is 0.00548. The van der Waals surface area contributed by atoms with Crippen molar-refractivity contribution in [2.75, 3.05) is 20.1 Å². The fourth-order valence-electron chi connectivity index (χ4n) is 1.77. The Kier molecular flexibility index (Phi) is 11.9. The number of guanidine groups is 1. The van der Waals surface area contributed by atoms with Gasteiger partial charge in [-0.25, -0.2) is 0 Å². The van der Waals surface area contributed by atoms with Crippen molar-refractivity contribution < 1.29 is 4.79 Å². The van der Waals surface area contributed by atoms with E-state index in [0.717, 1.165) is 12.4 Å². The minimum absolute atomic E-state index is 0. The van der Waals surface area contributed by atoms with Gasteiger partial charge in [-0.15, -0.1) is 24.0 Å². The lowest BCUT2D eigenvalue weighted by atomic mass is 9.89. The van der Waals surface area contributed by atoms with Gasteiger partial charge in [0.15, 0.2) is 5.96 Å². The summed E-state index contributed by atoms with van der Waals surface area (Å²) in [5, 5.41) is 9.53. The van der Waals surface area contributed by atoms with Gasteiger partial charge in [-0.3, -0.25) is 9.79 Å². The summed E-state index contributed by atoms with van der Waals surface area (Å²) >= 11 is 0. The molecule has 1 atom stereocenters. The molecule has 0 heterocycles. The highest BCUT2D eigenvalue weighted by atomic mass is 127. The number of aliphatic imine (C=N–C) groups is 1. The zero-order chi connectivity index (χ0) is 17.4. The van der Waals surface area contributed by atoms with Crippen molar-refractivity contribution in [3.8, 4) is 0 Å². The number of carbonyl (C=O) groups is 1. The summed E-state index contributed by atoms with van der Waals surface area (Å²) in [6, 6.07) is 0.370. The minimum Gasteiger partial charge on any atom is -0.355 e. The van der Waals surface area contributed by atoms with Gasteiger partial charge >= 0.3 is 0 Å². The first-order valence-corrected chi connectivity index (χ1v) is 8.21. The molecule has 138 valence electrons.